The van der Waals surface area contributed by atoms with Crippen LogP contribution in [0.1, 0.15) is 24.0 Å². The molecule has 0 unspecified atom stereocenters. The number of nitrogen functional groups attached to an aromatic ring is 1. The molecule has 0 aromatic heterocycles. The summed E-state index contributed by atoms with van der Waals surface area (Å²) < 4.78 is 43.7. The predicted molar refractivity (Wildman–Crippen MR) is 60.7 cm³/mol. The van der Waals surface area contributed by atoms with Gasteiger partial charge in [-0.15, -0.1) is 0 Å². The fraction of sp³-hybridized carbons (Fsp3) is 0.417. The Morgan fingerprint density at radius 3 is 2.56 bits per heavy atom. The molecule has 1 fully saturated rings. The Morgan fingerprint density at radius 1 is 1.39 bits per heavy atom. The summed E-state index contributed by atoms with van der Waals surface area (Å²) in [4.78, 5) is 0. The van der Waals surface area contributed by atoms with Crippen molar-refractivity contribution in [2.24, 2.45) is 11.7 Å². The van der Waals surface area contributed by atoms with Gasteiger partial charge in [0.2, 0.25) is 0 Å². The molecule has 0 radical (unpaired) electrons. The first kappa shape index (κ1) is 12.7. The standard InChI is InChI=1S/C12H13F3N2O/c13-12(14,15)10-5-8(18-6-7-1-2-7)3-4-9(10)11(16)17/h3-5,7H,1-2,6H2,(H3,16,17). The Labute approximate surface area is 102 Å². The van der Waals surface area contributed by atoms with Gasteiger partial charge in [-0.25, -0.2) is 0 Å². The highest BCUT2D eigenvalue weighted by atomic mass is 19.4. The first-order valence-corrected chi connectivity index (χ1v) is 5.56. The highest BCUT2D eigenvalue weighted by Crippen LogP contribution is 2.35. The van der Waals surface area contributed by atoms with Crippen LogP contribution < -0.4 is 10.5 Å². The van der Waals surface area contributed by atoms with Gasteiger partial charge in [-0.05, 0) is 37.0 Å². The number of amidine groups is 1. The van der Waals surface area contributed by atoms with Crippen molar-refractivity contribution in [2.45, 2.75) is 19.0 Å². The molecule has 1 aliphatic rings. The minimum Gasteiger partial charge on any atom is -0.493 e. The topological polar surface area (TPSA) is 59.1 Å². The van der Waals surface area contributed by atoms with Crippen LogP contribution in [0.3, 0.4) is 0 Å². The molecular formula is C12H13F3N2O. The summed E-state index contributed by atoms with van der Waals surface area (Å²) >= 11 is 0. The largest absolute Gasteiger partial charge is 0.493 e. The van der Waals surface area contributed by atoms with Gasteiger partial charge in [-0.2, -0.15) is 13.2 Å². The van der Waals surface area contributed by atoms with Gasteiger partial charge in [-0.1, -0.05) is 0 Å². The molecule has 1 saturated carbocycles. The van der Waals surface area contributed by atoms with Crippen LogP contribution in [0, 0.1) is 11.3 Å². The summed E-state index contributed by atoms with van der Waals surface area (Å²) in [7, 11) is 0. The van der Waals surface area contributed by atoms with Crippen molar-refractivity contribution in [3.05, 3.63) is 29.3 Å². The molecule has 1 aromatic carbocycles. The zero-order valence-corrected chi connectivity index (χ0v) is 9.55. The predicted octanol–water partition coefficient (Wildman–Crippen LogP) is 2.78. The second kappa shape index (κ2) is 4.51. The third kappa shape index (κ3) is 2.94. The van der Waals surface area contributed by atoms with E-state index in [1.54, 1.807) is 0 Å². The van der Waals surface area contributed by atoms with E-state index >= 15 is 0 Å². The Morgan fingerprint density at radius 2 is 2.06 bits per heavy atom. The Kier molecular flexibility index (Phi) is 3.19. The van der Waals surface area contributed by atoms with Gasteiger partial charge < -0.3 is 10.5 Å². The number of ether oxygens (including phenoxy) is 1. The maximum atomic E-state index is 12.8. The van der Waals surface area contributed by atoms with Crippen molar-refractivity contribution in [1.82, 2.24) is 0 Å². The lowest BCUT2D eigenvalue weighted by atomic mass is 10.1. The van der Waals surface area contributed by atoms with Crippen LogP contribution in [0.4, 0.5) is 13.2 Å². The number of nitrogens with one attached hydrogen (secondary N) is 1. The van der Waals surface area contributed by atoms with Crippen molar-refractivity contribution in [2.75, 3.05) is 6.61 Å². The molecule has 0 saturated heterocycles. The van der Waals surface area contributed by atoms with Crippen LogP contribution in [0.2, 0.25) is 0 Å². The van der Waals surface area contributed by atoms with Gasteiger partial charge in [0.25, 0.3) is 0 Å². The summed E-state index contributed by atoms with van der Waals surface area (Å²) in [6.07, 6.45) is -2.41. The fourth-order valence-electron chi connectivity index (χ4n) is 1.58. The van der Waals surface area contributed by atoms with E-state index in [0.717, 1.165) is 18.9 Å². The quantitative estimate of drug-likeness (QED) is 0.644. The zero-order valence-electron chi connectivity index (χ0n) is 9.55. The molecule has 0 atom stereocenters. The van der Waals surface area contributed by atoms with Crippen LogP contribution in [0.25, 0.3) is 0 Å². The second-order valence-electron chi connectivity index (χ2n) is 4.37. The van der Waals surface area contributed by atoms with Crippen LogP contribution in [-0.4, -0.2) is 12.4 Å². The normalized spacial score (nSPS) is 15.5. The van der Waals surface area contributed by atoms with Crippen molar-refractivity contribution < 1.29 is 17.9 Å². The van der Waals surface area contributed by atoms with E-state index in [0.29, 0.717) is 12.5 Å². The van der Waals surface area contributed by atoms with Crippen LogP contribution in [-0.2, 0) is 6.18 Å². The van der Waals surface area contributed by atoms with Gasteiger partial charge in [0.15, 0.2) is 0 Å². The molecule has 0 aliphatic heterocycles. The van der Waals surface area contributed by atoms with Gasteiger partial charge in [0.1, 0.15) is 11.6 Å². The highest BCUT2D eigenvalue weighted by Gasteiger charge is 2.34. The van der Waals surface area contributed by atoms with Crippen LogP contribution >= 0.6 is 0 Å². The Hall–Kier alpha value is -1.72. The fourth-order valence-corrected chi connectivity index (χ4v) is 1.58. The van der Waals surface area contributed by atoms with E-state index < -0.39 is 17.6 Å². The minimum absolute atomic E-state index is 0.166. The number of hydrogen-bond donors (Lipinski definition) is 2. The molecule has 1 aromatic rings. The van der Waals surface area contributed by atoms with Gasteiger partial charge in [0, 0.05) is 5.56 Å². The maximum absolute atomic E-state index is 12.8. The van der Waals surface area contributed by atoms with Crippen molar-refractivity contribution in [3.63, 3.8) is 0 Å². The highest BCUT2D eigenvalue weighted by molar-refractivity contribution is 5.96. The molecule has 2 rings (SSSR count). The number of nitrogens with two attached hydrogens (primary N) is 1. The third-order valence-corrected chi connectivity index (χ3v) is 2.77. The summed E-state index contributed by atoms with van der Waals surface area (Å²) in [5.74, 6) is 0.0297. The van der Waals surface area contributed by atoms with Gasteiger partial charge in [-0.3, -0.25) is 5.41 Å². The Bertz CT molecular complexity index is 467. The molecule has 0 spiro atoms. The van der Waals surface area contributed by atoms with E-state index in [9.17, 15) is 13.2 Å². The minimum atomic E-state index is -4.54. The number of benzene rings is 1. The molecule has 3 N–H and O–H groups in total. The van der Waals surface area contributed by atoms with Crippen LogP contribution in [0.5, 0.6) is 5.75 Å². The van der Waals surface area contributed by atoms with Crippen molar-refractivity contribution in [1.29, 1.82) is 5.41 Å². The lowest BCUT2D eigenvalue weighted by Crippen LogP contribution is -2.19. The smallest absolute Gasteiger partial charge is 0.417 e. The number of halogens is 3. The molecule has 3 nitrogen and oxygen atoms in total. The maximum Gasteiger partial charge on any atom is 0.417 e. The van der Waals surface area contributed by atoms with Crippen LogP contribution in [0.15, 0.2) is 18.2 Å². The van der Waals surface area contributed by atoms with E-state index in [1.165, 1.54) is 12.1 Å². The Balaban J connectivity index is 2.25. The zero-order chi connectivity index (χ0) is 13.3. The first-order valence-electron chi connectivity index (χ1n) is 5.56. The molecule has 18 heavy (non-hydrogen) atoms. The number of hydrogen-bond acceptors (Lipinski definition) is 2. The average Bonchev–Trinajstić information content (AvgIpc) is 3.08. The summed E-state index contributed by atoms with van der Waals surface area (Å²) in [5, 5.41) is 7.14. The lowest BCUT2D eigenvalue weighted by Gasteiger charge is -2.14. The summed E-state index contributed by atoms with van der Waals surface area (Å²) in [5.41, 5.74) is 3.89. The molecule has 98 valence electrons. The van der Waals surface area contributed by atoms with E-state index in [4.69, 9.17) is 15.9 Å². The first-order chi connectivity index (χ1) is 8.38. The van der Waals surface area contributed by atoms with Gasteiger partial charge in [0.05, 0.1) is 12.2 Å². The van der Waals surface area contributed by atoms with E-state index in [-0.39, 0.29) is 11.3 Å². The summed E-state index contributed by atoms with van der Waals surface area (Å²) in [6.45, 7) is 0.441. The van der Waals surface area contributed by atoms with E-state index in [1.807, 2.05) is 0 Å². The third-order valence-electron chi connectivity index (χ3n) is 2.77. The molecular weight excluding hydrogens is 245 g/mol. The van der Waals surface area contributed by atoms with Crippen molar-refractivity contribution in [3.8, 4) is 5.75 Å². The number of rotatable bonds is 4. The van der Waals surface area contributed by atoms with E-state index in [2.05, 4.69) is 0 Å². The SMILES string of the molecule is N=C(N)c1ccc(OCC2CC2)cc1C(F)(F)F. The number of alkyl halides is 3. The summed E-state index contributed by atoms with van der Waals surface area (Å²) in [6, 6.07) is 3.49. The van der Waals surface area contributed by atoms with Crippen molar-refractivity contribution >= 4 is 5.84 Å². The molecule has 0 amide bonds. The average molecular weight is 258 g/mol. The van der Waals surface area contributed by atoms with Gasteiger partial charge >= 0.3 is 6.18 Å². The monoisotopic (exact) mass is 258 g/mol. The molecule has 0 heterocycles. The molecule has 1 aliphatic carbocycles. The molecule has 0 bridgehead atoms. The lowest BCUT2D eigenvalue weighted by molar-refractivity contribution is -0.137. The molecule has 6 heteroatoms. The second-order valence-corrected chi connectivity index (χ2v) is 4.37.